The third-order valence-corrected chi connectivity index (χ3v) is 2.41. The van der Waals surface area contributed by atoms with Crippen LogP contribution in [0.1, 0.15) is 25.3 Å². The van der Waals surface area contributed by atoms with E-state index in [4.69, 9.17) is 10.6 Å². The average Bonchev–Trinajstić information content (AvgIpc) is 2.32. The van der Waals surface area contributed by atoms with E-state index in [1.807, 2.05) is 12.3 Å². The molecule has 0 aliphatic rings. The molecule has 1 aromatic rings. The number of ether oxygens (including phenoxy) is 1. The zero-order valence-electron chi connectivity index (χ0n) is 10.00. The number of aryl methyl sites for hydroxylation is 1. The third kappa shape index (κ3) is 3.71. The molecule has 0 heterocycles. The highest BCUT2D eigenvalue weighted by molar-refractivity contribution is 5.80. The Morgan fingerprint density at radius 1 is 1.59 bits per heavy atom. The Morgan fingerprint density at radius 3 is 2.82 bits per heavy atom. The molecule has 0 saturated heterocycles. The second-order valence-electron chi connectivity index (χ2n) is 3.81. The van der Waals surface area contributed by atoms with Gasteiger partial charge in [0.25, 0.3) is 5.91 Å². The highest BCUT2D eigenvalue weighted by atomic mass is 19.1. The van der Waals surface area contributed by atoms with E-state index >= 15 is 0 Å². The van der Waals surface area contributed by atoms with Crippen molar-refractivity contribution in [3.05, 3.63) is 29.6 Å². The summed E-state index contributed by atoms with van der Waals surface area (Å²) in [6.45, 7) is 3.59. The minimum atomic E-state index is -0.688. The monoisotopic (exact) mass is 240 g/mol. The number of carbonyl (C=O) groups excluding carboxylic acids is 1. The van der Waals surface area contributed by atoms with Gasteiger partial charge in [-0.1, -0.05) is 19.4 Å². The predicted octanol–water partition coefficient (Wildman–Crippen LogP) is 1.67. The first-order chi connectivity index (χ1) is 8.08. The van der Waals surface area contributed by atoms with Gasteiger partial charge in [-0.3, -0.25) is 10.2 Å². The van der Waals surface area contributed by atoms with Crippen LogP contribution in [0.4, 0.5) is 4.39 Å². The van der Waals surface area contributed by atoms with E-state index in [2.05, 4.69) is 0 Å². The number of benzene rings is 1. The van der Waals surface area contributed by atoms with Gasteiger partial charge in [0, 0.05) is 6.07 Å². The number of hydrogen-bond acceptors (Lipinski definition) is 3. The van der Waals surface area contributed by atoms with Crippen LogP contribution in [0.2, 0.25) is 0 Å². The van der Waals surface area contributed by atoms with E-state index in [1.54, 1.807) is 19.1 Å². The van der Waals surface area contributed by atoms with Crippen molar-refractivity contribution in [2.24, 2.45) is 5.84 Å². The SMILES string of the molecule is CCCC(Oc1ccc(C)c(F)c1)C(=O)NN. The molecule has 1 unspecified atom stereocenters. The summed E-state index contributed by atoms with van der Waals surface area (Å²) in [5.74, 6) is 4.62. The molecule has 0 aliphatic carbocycles. The minimum Gasteiger partial charge on any atom is -0.480 e. The molecular weight excluding hydrogens is 223 g/mol. The molecule has 0 radical (unpaired) electrons. The Hall–Kier alpha value is -1.62. The number of amides is 1. The Balaban J connectivity index is 2.78. The normalized spacial score (nSPS) is 12.0. The first-order valence-electron chi connectivity index (χ1n) is 5.51. The van der Waals surface area contributed by atoms with Gasteiger partial charge < -0.3 is 4.74 Å². The molecule has 1 atom stereocenters. The van der Waals surface area contributed by atoms with Crippen LogP contribution in [0.3, 0.4) is 0 Å². The summed E-state index contributed by atoms with van der Waals surface area (Å²) in [6.07, 6.45) is 0.609. The maximum Gasteiger partial charge on any atom is 0.274 e. The van der Waals surface area contributed by atoms with Crippen molar-refractivity contribution in [3.8, 4) is 5.75 Å². The van der Waals surface area contributed by atoms with Crippen molar-refractivity contribution in [1.82, 2.24) is 5.43 Å². The number of hydrogen-bond donors (Lipinski definition) is 2. The first kappa shape index (κ1) is 13.4. The summed E-state index contributed by atoms with van der Waals surface area (Å²) in [5.41, 5.74) is 2.57. The fourth-order valence-corrected chi connectivity index (χ4v) is 1.41. The number of carbonyl (C=O) groups is 1. The quantitative estimate of drug-likeness (QED) is 0.467. The van der Waals surface area contributed by atoms with Crippen molar-refractivity contribution in [3.63, 3.8) is 0 Å². The van der Waals surface area contributed by atoms with E-state index in [0.717, 1.165) is 6.42 Å². The molecule has 17 heavy (non-hydrogen) atoms. The van der Waals surface area contributed by atoms with E-state index in [-0.39, 0.29) is 5.82 Å². The maximum atomic E-state index is 13.3. The van der Waals surface area contributed by atoms with Gasteiger partial charge in [-0.2, -0.15) is 0 Å². The van der Waals surface area contributed by atoms with E-state index in [9.17, 15) is 9.18 Å². The molecular formula is C12H17FN2O2. The Morgan fingerprint density at radius 2 is 2.29 bits per heavy atom. The molecule has 0 fully saturated rings. The molecule has 5 heteroatoms. The largest absolute Gasteiger partial charge is 0.480 e. The molecule has 1 amide bonds. The van der Waals surface area contributed by atoms with Crippen molar-refractivity contribution < 1.29 is 13.9 Å². The van der Waals surface area contributed by atoms with Crippen LogP contribution >= 0.6 is 0 Å². The van der Waals surface area contributed by atoms with Crippen molar-refractivity contribution in [2.45, 2.75) is 32.8 Å². The lowest BCUT2D eigenvalue weighted by Gasteiger charge is -2.17. The summed E-state index contributed by atoms with van der Waals surface area (Å²) in [5, 5.41) is 0. The molecule has 3 N–H and O–H groups in total. The van der Waals surface area contributed by atoms with Crippen LogP contribution in [0, 0.1) is 12.7 Å². The van der Waals surface area contributed by atoms with E-state index in [1.165, 1.54) is 6.07 Å². The standard InChI is InChI=1S/C12H17FN2O2/c1-3-4-11(12(16)15-14)17-9-6-5-8(2)10(13)7-9/h5-7,11H,3-4,14H2,1-2H3,(H,15,16). The van der Waals surface area contributed by atoms with Gasteiger partial charge in [0.2, 0.25) is 0 Å². The van der Waals surface area contributed by atoms with Gasteiger partial charge in [-0.15, -0.1) is 0 Å². The lowest BCUT2D eigenvalue weighted by molar-refractivity contribution is -0.128. The fourth-order valence-electron chi connectivity index (χ4n) is 1.41. The Kier molecular flexibility index (Phi) is 4.90. The van der Waals surface area contributed by atoms with Gasteiger partial charge in [-0.05, 0) is 25.0 Å². The lowest BCUT2D eigenvalue weighted by Crippen LogP contribution is -2.42. The molecule has 0 bridgehead atoms. The van der Waals surface area contributed by atoms with Gasteiger partial charge in [0.15, 0.2) is 6.10 Å². The summed E-state index contributed by atoms with van der Waals surface area (Å²) in [7, 11) is 0. The van der Waals surface area contributed by atoms with Crippen molar-refractivity contribution >= 4 is 5.91 Å². The molecule has 0 aromatic heterocycles. The zero-order chi connectivity index (χ0) is 12.8. The van der Waals surface area contributed by atoms with Crippen LogP contribution in [0.5, 0.6) is 5.75 Å². The molecule has 0 spiro atoms. The average molecular weight is 240 g/mol. The maximum absolute atomic E-state index is 13.3. The van der Waals surface area contributed by atoms with E-state index < -0.39 is 12.0 Å². The molecule has 0 saturated carbocycles. The van der Waals surface area contributed by atoms with E-state index in [0.29, 0.717) is 17.7 Å². The van der Waals surface area contributed by atoms with Gasteiger partial charge >= 0.3 is 0 Å². The number of hydrazine groups is 1. The minimum absolute atomic E-state index is 0.329. The number of halogens is 1. The highest BCUT2D eigenvalue weighted by Crippen LogP contribution is 2.18. The number of nitrogens with two attached hydrogens (primary N) is 1. The van der Waals surface area contributed by atoms with Crippen LogP contribution < -0.4 is 16.0 Å². The fraction of sp³-hybridized carbons (Fsp3) is 0.417. The topological polar surface area (TPSA) is 64.3 Å². The second kappa shape index (κ2) is 6.20. The van der Waals surface area contributed by atoms with Crippen LogP contribution in [0.15, 0.2) is 18.2 Å². The first-order valence-corrected chi connectivity index (χ1v) is 5.51. The van der Waals surface area contributed by atoms with Gasteiger partial charge in [-0.25, -0.2) is 10.2 Å². The third-order valence-electron chi connectivity index (χ3n) is 2.41. The van der Waals surface area contributed by atoms with Crippen LogP contribution in [-0.4, -0.2) is 12.0 Å². The predicted molar refractivity (Wildman–Crippen MR) is 62.8 cm³/mol. The van der Waals surface area contributed by atoms with Crippen LogP contribution in [0.25, 0.3) is 0 Å². The molecule has 94 valence electrons. The second-order valence-corrected chi connectivity index (χ2v) is 3.81. The molecule has 1 rings (SSSR count). The summed E-state index contributed by atoms with van der Waals surface area (Å²) < 4.78 is 18.7. The Bertz CT molecular complexity index is 396. The van der Waals surface area contributed by atoms with Crippen molar-refractivity contribution in [2.75, 3.05) is 0 Å². The van der Waals surface area contributed by atoms with Crippen LogP contribution in [-0.2, 0) is 4.79 Å². The number of nitrogens with one attached hydrogen (secondary N) is 1. The van der Waals surface area contributed by atoms with Gasteiger partial charge in [0.05, 0.1) is 0 Å². The summed E-state index contributed by atoms with van der Waals surface area (Å²) in [4.78, 5) is 11.4. The summed E-state index contributed by atoms with van der Waals surface area (Å²) in [6, 6.07) is 4.50. The Labute approximate surface area is 99.9 Å². The van der Waals surface area contributed by atoms with Gasteiger partial charge in [0.1, 0.15) is 11.6 Å². The molecule has 0 aliphatic heterocycles. The summed E-state index contributed by atoms with van der Waals surface area (Å²) >= 11 is 0. The smallest absolute Gasteiger partial charge is 0.274 e. The molecule has 1 aromatic carbocycles. The zero-order valence-corrected chi connectivity index (χ0v) is 10.00. The lowest BCUT2D eigenvalue weighted by atomic mass is 10.2. The van der Waals surface area contributed by atoms with Crippen molar-refractivity contribution in [1.29, 1.82) is 0 Å². The highest BCUT2D eigenvalue weighted by Gasteiger charge is 2.18. The number of rotatable bonds is 5. The molecule has 4 nitrogen and oxygen atoms in total.